The number of aromatic nitrogens is 2. The molecule has 2 rings (SSSR count). The largest absolute Gasteiger partial charge is 0.493 e. The first-order chi connectivity index (χ1) is 7.88. The van der Waals surface area contributed by atoms with Crippen LogP contribution < -0.4 is 0 Å². The molecule has 0 aliphatic heterocycles. The maximum Gasteiger partial charge on any atom is 0.214 e. The molecule has 17 heavy (non-hydrogen) atoms. The number of hydrogen-bond acceptors (Lipinski definition) is 2. The van der Waals surface area contributed by atoms with Crippen LogP contribution in [0, 0.1) is 6.92 Å². The number of rotatable bonds is 1. The van der Waals surface area contributed by atoms with Crippen LogP contribution in [0.5, 0.6) is 5.88 Å². The van der Waals surface area contributed by atoms with Crippen LogP contribution in [0.4, 0.5) is 0 Å². The zero-order chi connectivity index (χ0) is 12.6. The first kappa shape index (κ1) is 11.7. The van der Waals surface area contributed by atoms with Gasteiger partial charge in [0.1, 0.15) is 0 Å². The summed E-state index contributed by atoms with van der Waals surface area (Å²) in [5.74, 6) is 0.181. The van der Waals surface area contributed by atoms with Gasteiger partial charge in [-0.3, -0.25) is 0 Å². The molecule has 3 nitrogen and oxygen atoms in total. The van der Waals surface area contributed by atoms with Gasteiger partial charge >= 0.3 is 0 Å². The lowest BCUT2D eigenvalue weighted by Gasteiger charge is -2.14. The van der Waals surface area contributed by atoms with E-state index in [0.29, 0.717) is 0 Å². The van der Waals surface area contributed by atoms with Crippen LogP contribution >= 0.6 is 0 Å². The molecule has 0 aliphatic carbocycles. The summed E-state index contributed by atoms with van der Waals surface area (Å²) in [5.41, 5.74) is 2.86. The smallest absolute Gasteiger partial charge is 0.214 e. The Morgan fingerprint density at radius 2 is 1.88 bits per heavy atom. The molecular weight excluding hydrogens is 212 g/mol. The van der Waals surface area contributed by atoms with Crippen molar-refractivity contribution in [3.63, 3.8) is 0 Å². The summed E-state index contributed by atoms with van der Waals surface area (Å²) < 4.78 is 1.58. The molecule has 0 saturated heterocycles. The number of aryl methyl sites for hydroxylation is 1. The molecule has 1 aromatic heterocycles. The lowest BCUT2D eigenvalue weighted by atomic mass is 9.93. The first-order valence-electron chi connectivity index (χ1n) is 5.74. The van der Waals surface area contributed by atoms with Gasteiger partial charge in [0.15, 0.2) is 0 Å². The second kappa shape index (κ2) is 3.91. The molecule has 0 spiro atoms. The van der Waals surface area contributed by atoms with E-state index in [9.17, 15) is 5.11 Å². The van der Waals surface area contributed by atoms with Gasteiger partial charge in [0.25, 0.3) is 0 Å². The second-order valence-corrected chi connectivity index (χ2v) is 5.39. The van der Waals surface area contributed by atoms with Crippen molar-refractivity contribution in [1.29, 1.82) is 0 Å². The topological polar surface area (TPSA) is 38.0 Å². The number of hydrogen-bond donors (Lipinski definition) is 1. The zero-order valence-electron chi connectivity index (χ0n) is 10.7. The Kier molecular flexibility index (Phi) is 2.69. The Labute approximate surface area is 102 Å². The normalized spacial score (nSPS) is 11.8. The third-order valence-electron chi connectivity index (χ3n) is 2.71. The summed E-state index contributed by atoms with van der Waals surface area (Å²) in [6.07, 6.45) is 0. The highest BCUT2D eigenvalue weighted by Gasteiger charge is 2.20. The van der Waals surface area contributed by atoms with Gasteiger partial charge in [0.2, 0.25) is 5.88 Å². The maximum absolute atomic E-state index is 9.94. The predicted octanol–water partition coefficient (Wildman–Crippen LogP) is 3.18. The van der Waals surface area contributed by atoms with Gasteiger partial charge in [0.05, 0.1) is 11.4 Å². The highest BCUT2D eigenvalue weighted by Crippen LogP contribution is 2.26. The van der Waals surface area contributed by atoms with E-state index in [1.165, 1.54) is 0 Å². The third-order valence-corrected chi connectivity index (χ3v) is 2.71. The summed E-state index contributed by atoms with van der Waals surface area (Å²) >= 11 is 0. The summed E-state index contributed by atoms with van der Waals surface area (Å²) in [4.78, 5) is 0. The molecule has 1 N–H and O–H groups in total. The molecule has 0 atom stereocenters. The molecular formula is C14H18N2O. The van der Waals surface area contributed by atoms with Crippen LogP contribution in [0.3, 0.4) is 0 Å². The molecule has 1 heterocycles. The average molecular weight is 230 g/mol. The minimum atomic E-state index is -0.0629. The van der Waals surface area contributed by atoms with Crippen LogP contribution in [-0.2, 0) is 5.41 Å². The Hall–Kier alpha value is -1.77. The van der Waals surface area contributed by atoms with Gasteiger partial charge in [0, 0.05) is 11.5 Å². The number of aromatic hydroxyl groups is 1. The van der Waals surface area contributed by atoms with Crippen LogP contribution in [-0.4, -0.2) is 14.9 Å². The molecule has 0 saturated carbocycles. The quantitative estimate of drug-likeness (QED) is 0.817. The van der Waals surface area contributed by atoms with Crippen molar-refractivity contribution in [3.8, 4) is 11.6 Å². The minimum Gasteiger partial charge on any atom is -0.493 e. The summed E-state index contributed by atoms with van der Waals surface area (Å²) in [6, 6.07) is 9.64. The van der Waals surface area contributed by atoms with Crippen molar-refractivity contribution in [2.24, 2.45) is 0 Å². The molecule has 0 aliphatic rings. The monoisotopic (exact) mass is 230 g/mol. The Bertz CT molecular complexity index is 535. The van der Waals surface area contributed by atoms with E-state index in [2.05, 4.69) is 25.9 Å². The standard InChI is InChI=1S/C14H18N2O/c1-10-6-5-7-11(8-10)16-13(17)9-12(15-16)14(2,3)4/h5-9,17H,1-4H3. The lowest BCUT2D eigenvalue weighted by Crippen LogP contribution is -2.12. The van der Waals surface area contributed by atoms with E-state index in [4.69, 9.17) is 0 Å². The van der Waals surface area contributed by atoms with E-state index in [1.54, 1.807) is 10.7 Å². The van der Waals surface area contributed by atoms with Gasteiger partial charge in [-0.25, -0.2) is 4.68 Å². The Morgan fingerprint density at radius 1 is 1.18 bits per heavy atom. The fourth-order valence-electron chi connectivity index (χ4n) is 1.69. The van der Waals surface area contributed by atoms with Crippen molar-refractivity contribution in [2.75, 3.05) is 0 Å². The summed E-state index contributed by atoms with van der Waals surface area (Å²) in [7, 11) is 0. The van der Waals surface area contributed by atoms with Crippen LogP contribution in [0.1, 0.15) is 32.0 Å². The third kappa shape index (κ3) is 2.33. The van der Waals surface area contributed by atoms with Crippen molar-refractivity contribution >= 4 is 0 Å². The summed E-state index contributed by atoms with van der Waals surface area (Å²) in [6.45, 7) is 8.26. The Morgan fingerprint density at radius 3 is 2.41 bits per heavy atom. The van der Waals surface area contributed by atoms with Gasteiger partial charge < -0.3 is 5.11 Å². The van der Waals surface area contributed by atoms with Crippen molar-refractivity contribution in [3.05, 3.63) is 41.6 Å². The van der Waals surface area contributed by atoms with Gasteiger partial charge in [-0.05, 0) is 24.6 Å². The maximum atomic E-state index is 9.94. The molecule has 0 radical (unpaired) electrons. The van der Waals surface area contributed by atoms with Crippen molar-refractivity contribution in [1.82, 2.24) is 9.78 Å². The second-order valence-electron chi connectivity index (χ2n) is 5.39. The summed E-state index contributed by atoms with van der Waals surface area (Å²) in [5, 5.41) is 14.4. The molecule has 0 bridgehead atoms. The fourth-order valence-corrected chi connectivity index (χ4v) is 1.69. The highest BCUT2D eigenvalue weighted by atomic mass is 16.3. The molecule has 0 fully saturated rings. The van der Waals surface area contributed by atoms with Gasteiger partial charge in [-0.2, -0.15) is 5.10 Å². The van der Waals surface area contributed by atoms with Gasteiger partial charge in [-0.1, -0.05) is 32.9 Å². The Balaban J connectivity index is 2.50. The van der Waals surface area contributed by atoms with E-state index in [-0.39, 0.29) is 11.3 Å². The predicted molar refractivity (Wildman–Crippen MR) is 68.7 cm³/mol. The number of benzene rings is 1. The van der Waals surface area contributed by atoms with Crippen LogP contribution in [0.2, 0.25) is 0 Å². The lowest BCUT2D eigenvalue weighted by molar-refractivity contribution is 0.433. The fraction of sp³-hybridized carbons (Fsp3) is 0.357. The van der Waals surface area contributed by atoms with E-state index >= 15 is 0 Å². The first-order valence-corrected chi connectivity index (χ1v) is 5.74. The van der Waals surface area contributed by atoms with Crippen molar-refractivity contribution < 1.29 is 5.11 Å². The molecule has 0 unspecified atom stereocenters. The molecule has 90 valence electrons. The highest BCUT2D eigenvalue weighted by molar-refractivity contribution is 5.38. The molecule has 3 heteroatoms. The average Bonchev–Trinajstić information content (AvgIpc) is 2.60. The van der Waals surface area contributed by atoms with Crippen molar-refractivity contribution in [2.45, 2.75) is 33.1 Å². The number of nitrogens with zero attached hydrogens (tertiary/aromatic N) is 2. The van der Waals surface area contributed by atoms with E-state index in [1.807, 2.05) is 31.2 Å². The zero-order valence-corrected chi connectivity index (χ0v) is 10.7. The van der Waals surface area contributed by atoms with E-state index < -0.39 is 0 Å². The van der Waals surface area contributed by atoms with Gasteiger partial charge in [-0.15, -0.1) is 0 Å². The SMILES string of the molecule is Cc1cccc(-n2nc(C(C)(C)C)cc2O)c1. The molecule has 0 amide bonds. The van der Waals surface area contributed by atoms with E-state index in [0.717, 1.165) is 16.9 Å². The van der Waals surface area contributed by atoms with Crippen LogP contribution in [0.15, 0.2) is 30.3 Å². The molecule has 2 aromatic rings. The minimum absolute atomic E-state index is 0.0629. The van der Waals surface area contributed by atoms with Crippen LogP contribution in [0.25, 0.3) is 5.69 Å². The molecule has 1 aromatic carbocycles.